The molecule has 0 fully saturated rings. The number of hydrogen-bond donors (Lipinski definition) is 0. The van der Waals surface area contributed by atoms with Gasteiger partial charge >= 0.3 is 0 Å². The van der Waals surface area contributed by atoms with Gasteiger partial charge in [-0.15, -0.1) is 0 Å². The summed E-state index contributed by atoms with van der Waals surface area (Å²) in [5.41, 5.74) is 1.43. The Kier molecular flexibility index (Phi) is 3.71. The van der Waals surface area contributed by atoms with Crippen molar-refractivity contribution in [1.29, 1.82) is 0 Å². The summed E-state index contributed by atoms with van der Waals surface area (Å²) in [4.78, 5) is 0. The molecule has 0 saturated heterocycles. The van der Waals surface area contributed by atoms with Crippen molar-refractivity contribution in [1.82, 2.24) is 0 Å². The number of rotatable bonds is 3. The van der Waals surface area contributed by atoms with Gasteiger partial charge in [0.1, 0.15) is 13.8 Å². The van der Waals surface area contributed by atoms with E-state index in [-0.39, 0.29) is 0 Å². The Morgan fingerprint density at radius 2 is 2.15 bits per heavy atom. The fourth-order valence-electron chi connectivity index (χ4n) is 2.29. The molecule has 1 aliphatic rings. The minimum Gasteiger partial charge on any atom is -0.212 e. The third-order valence-corrected chi connectivity index (χ3v) is 3.27. The monoisotopic (exact) mass is 180 g/mol. The quantitative estimate of drug-likeness (QED) is 0.464. The second kappa shape index (κ2) is 4.59. The lowest BCUT2D eigenvalue weighted by molar-refractivity contribution is -0.438. The molecule has 0 aliphatic heterocycles. The summed E-state index contributed by atoms with van der Waals surface area (Å²) in [6.07, 6.45) is 7.60. The fourth-order valence-corrected chi connectivity index (χ4v) is 2.29. The van der Waals surface area contributed by atoms with E-state index in [1.807, 2.05) is 11.6 Å². The average molecular weight is 180 g/mol. The molecule has 2 unspecified atom stereocenters. The molecule has 2 atom stereocenters. The van der Waals surface area contributed by atoms with E-state index < -0.39 is 0 Å². The average Bonchev–Trinajstić information content (AvgIpc) is 2.16. The van der Waals surface area contributed by atoms with Crippen molar-refractivity contribution in [3.8, 4) is 0 Å². The summed E-state index contributed by atoms with van der Waals surface area (Å²) in [5, 5.41) is 0. The van der Waals surface area contributed by atoms with Crippen LogP contribution >= 0.6 is 0 Å². The summed E-state index contributed by atoms with van der Waals surface area (Å²) in [6.45, 7) is 8.54. The van der Waals surface area contributed by atoms with Gasteiger partial charge in [0.15, 0.2) is 5.70 Å². The Balaban J connectivity index is 2.73. The molecule has 0 spiro atoms. The van der Waals surface area contributed by atoms with E-state index in [0.29, 0.717) is 0 Å². The Morgan fingerprint density at radius 3 is 2.62 bits per heavy atom. The zero-order valence-electron chi connectivity index (χ0n) is 9.21. The molecule has 0 aromatic carbocycles. The molecule has 0 amide bonds. The molecular formula is C12H22N+. The van der Waals surface area contributed by atoms with Crippen LogP contribution in [0.2, 0.25) is 0 Å². The van der Waals surface area contributed by atoms with E-state index >= 15 is 0 Å². The lowest BCUT2D eigenvalue weighted by atomic mass is 9.79. The summed E-state index contributed by atoms with van der Waals surface area (Å²) in [6, 6.07) is 0. The van der Waals surface area contributed by atoms with Gasteiger partial charge in [0.2, 0.25) is 0 Å². The van der Waals surface area contributed by atoms with Gasteiger partial charge in [-0.1, -0.05) is 20.3 Å². The topological polar surface area (TPSA) is 3.01 Å². The van der Waals surface area contributed by atoms with Gasteiger partial charge in [0.25, 0.3) is 0 Å². The van der Waals surface area contributed by atoms with Crippen LogP contribution in [0.5, 0.6) is 0 Å². The number of hydrogen-bond acceptors (Lipinski definition) is 0. The van der Waals surface area contributed by atoms with E-state index in [9.17, 15) is 0 Å². The van der Waals surface area contributed by atoms with Crippen LogP contribution in [0.3, 0.4) is 0 Å². The molecule has 0 N–H and O–H groups in total. The van der Waals surface area contributed by atoms with E-state index in [4.69, 9.17) is 0 Å². The SMILES string of the molecule is C=[N+](C)C1=CC(CC)C(CC)CC1. The van der Waals surface area contributed by atoms with Crippen LogP contribution in [-0.2, 0) is 0 Å². The minimum atomic E-state index is 0.790. The number of nitrogens with zero attached hydrogens (tertiary/aromatic N) is 1. The van der Waals surface area contributed by atoms with Crippen molar-refractivity contribution < 1.29 is 4.58 Å². The summed E-state index contributed by atoms with van der Waals surface area (Å²) in [7, 11) is 2.05. The molecule has 0 heterocycles. The molecule has 74 valence electrons. The van der Waals surface area contributed by atoms with Crippen LogP contribution in [0.15, 0.2) is 11.8 Å². The first-order valence-electron chi connectivity index (χ1n) is 5.43. The summed E-state index contributed by atoms with van der Waals surface area (Å²) in [5.74, 6) is 1.70. The lowest BCUT2D eigenvalue weighted by Gasteiger charge is -2.26. The van der Waals surface area contributed by atoms with Gasteiger partial charge in [0.05, 0.1) is 0 Å². The minimum absolute atomic E-state index is 0.790. The molecule has 13 heavy (non-hydrogen) atoms. The highest BCUT2D eigenvalue weighted by atomic mass is 15.0. The van der Waals surface area contributed by atoms with Crippen LogP contribution < -0.4 is 0 Å². The standard InChI is InChI=1S/C12H22N/c1-5-10-7-8-12(13(3)4)9-11(10)6-2/h9-11H,3,5-8H2,1-2,4H3/q+1. The predicted octanol–water partition coefficient (Wildman–Crippen LogP) is 3.06. The van der Waals surface area contributed by atoms with Gasteiger partial charge in [-0.05, 0) is 30.8 Å². The van der Waals surface area contributed by atoms with Gasteiger partial charge in [-0.2, -0.15) is 0 Å². The van der Waals surface area contributed by atoms with Gasteiger partial charge < -0.3 is 0 Å². The highest BCUT2D eigenvalue weighted by Gasteiger charge is 2.24. The van der Waals surface area contributed by atoms with Crippen LogP contribution in [-0.4, -0.2) is 18.3 Å². The van der Waals surface area contributed by atoms with Crippen molar-refractivity contribution in [3.63, 3.8) is 0 Å². The Labute approximate surface area is 82.2 Å². The van der Waals surface area contributed by atoms with Crippen LogP contribution in [0.25, 0.3) is 0 Å². The maximum absolute atomic E-state index is 3.95. The lowest BCUT2D eigenvalue weighted by Crippen LogP contribution is -2.19. The van der Waals surface area contributed by atoms with Crippen LogP contribution in [0.4, 0.5) is 0 Å². The zero-order valence-corrected chi connectivity index (χ0v) is 9.21. The van der Waals surface area contributed by atoms with Gasteiger partial charge in [-0.3, -0.25) is 0 Å². The molecule has 1 heteroatoms. The second-order valence-corrected chi connectivity index (χ2v) is 4.14. The van der Waals surface area contributed by atoms with Crippen molar-refractivity contribution in [3.05, 3.63) is 11.8 Å². The maximum atomic E-state index is 3.95. The van der Waals surface area contributed by atoms with Gasteiger partial charge in [0, 0.05) is 6.42 Å². The maximum Gasteiger partial charge on any atom is 0.176 e. The third-order valence-electron chi connectivity index (χ3n) is 3.27. The Morgan fingerprint density at radius 1 is 1.46 bits per heavy atom. The molecule has 0 aromatic heterocycles. The third kappa shape index (κ3) is 2.43. The van der Waals surface area contributed by atoms with Crippen LogP contribution in [0.1, 0.15) is 39.5 Å². The smallest absolute Gasteiger partial charge is 0.176 e. The number of allylic oxidation sites excluding steroid dienone is 2. The van der Waals surface area contributed by atoms with E-state index in [1.54, 1.807) is 0 Å². The molecule has 1 rings (SSSR count). The molecular weight excluding hydrogens is 158 g/mol. The molecule has 0 aromatic rings. The zero-order chi connectivity index (χ0) is 9.84. The normalized spacial score (nSPS) is 28.4. The van der Waals surface area contributed by atoms with Crippen molar-refractivity contribution in [2.75, 3.05) is 7.05 Å². The molecule has 0 bridgehead atoms. The van der Waals surface area contributed by atoms with Crippen molar-refractivity contribution in [2.24, 2.45) is 11.8 Å². The summed E-state index contributed by atoms with van der Waals surface area (Å²) >= 11 is 0. The first kappa shape index (κ1) is 10.5. The molecule has 0 saturated carbocycles. The Bertz CT molecular complexity index is 215. The first-order chi connectivity index (χ1) is 6.19. The summed E-state index contributed by atoms with van der Waals surface area (Å²) < 4.78 is 2.02. The van der Waals surface area contributed by atoms with Crippen molar-refractivity contribution >= 4 is 6.72 Å². The molecule has 1 aliphatic carbocycles. The largest absolute Gasteiger partial charge is 0.212 e. The van der Waals surface area contributed by atoms with Crippen molar-refractivity contribution in [2.45, 2.75) is 39.5 Å². The van der Waals surface area contributed by atoms with Crippen LogP contribution in [0, 0.1) is 11.8 Å². The van der Waals surface area contributed by atoms with E-state index in [1.165, 1.54) is 31.4 Å². The molecule has 1 nitrogen and oxygen atoms in total. The molecule has 0 radical (unpaired) electrons. The van der Waals surface area contributed by atoms with Gasteiger partial charge in [-0.25, -0.2) is 4.58 Å². The Hall–Kier alpha value is -0.590. The predicted molar refractivity (Wildman–Crippen MR) is 58.2 cm³/mol. The highest BCUT2D eigenvalue weighted by molar-refractivity contribution is 5.18. The first-order valence-corrected chi connectivity index (χ1v) is 5.43. The highest BCUT2D eigenvalue weighted by Crippen LogP contribution is 2.32. The second-order valence-electron chi connectivity index (χ2n) is 4.14. The fraction of sp³-hybridized carbons (Fsp3) is 0.750. The van der Waals surface area contributed by atoms with E-state index in [2.05, 4.69) is 26.6 Å². The van der Waals surface area contributed by atoms with E-state index in [0.717, 1.165) is 11.8 Å².